The van der Waals surface area contributed by atoms with Crippen LogP contribution in [-0.4, -0.2) is 30.4 Å². The van der Waals surface area contributed by atoms with Crippen molar-refractivity contribution in [3.8, 4) is 0 Å². The normalized spacial score (nSPS) is 12.7. The van der Waals surface area contributed by atoms with E-state index < -0.39 is 6.10 Å². The minimum absolute atomic E-state index is 0.340. The molecule has 0 heterocycles. The molecule has 2 aromatic rings. The molecule has 0 saturated heterocycles. The second kappa shape index (κ2) is 8.25. The first-order valence-corrected chi connectivity index (χ1v) is 7.50. The summed E-state index contributed by atoms with van der Waals surface area (Å²) >= 11 is 0. The van der Waals surface area contributed by atoms with Crippen LogP contribution in [0.3, 0.4) is 0 Å². The van der Waals surface area contributed by atoms with Crippen LogP contribution in [0.2, 0.25) is 0 Å². The van der Waals surface area contributed by atoms with E-state index in [9.17, 15) is 9.90 Å². The number of ether oxygens (including phenoxy) is 1. The lowest BCUT2D eigenvalue weighted by atomic mass is 10.1. The van der Waals surface area contributed by atoms with Gasteiger partial charge in [-0.05, 0) is 30.2 Å². The Morgan fingerprint density at radius 3 is 2.43 bits per heavy atom. The third-order valence-electron chi connectivity index (χ3n) is 3.55. The summed E-state index contributed by atoms with van der Waals surface area (Å²) in [6.45, 7) is 2.28. The molecule has 120 valence electrons. The number of carbonyl (C=O) groups is 1. The van der Waals surface area contributed by atoms with E-state index in [2.05, 4.69) is 9.73 Å². The van der Waals surface area contributed by atoms with E-state index in [0.717, 1.165) is 16.8 Å². The molecule has 0 saturated carbocycles. The van der Waals surface area contributed by atoms with Crippen molar-refractivity contribution in [1.82, 2.24) is 0 Å². The zero-order valence-electron chi connectivity index (χ0n) is 13.4. The van der Waals surface area contributed by atoms with Crippen molar-refractivity contribution in [2.75, 3.05) is 13.7 Å². The fourth-order valence-corrected chi connectivity index (χ4v) is 2.25. The number of aliphatic hydroxyl groups is 1. The number of hydrogen-bond acceptors (Lipinski definition) is 4. The highest BCUT2D eigenvalue weighted by molar-refractivity contribution is 5.89. The molecule has 0 spiro atoms. The van der Waals surface area contributed by atoms with Gasteiger partial charge in [-0.2, -0.15) is 0 Å². The summed E-state index contributed by atoms with van der Waals surface area (Å²) in [5, 5.41) is 10.1. The predicted octanol–water partition coefficient (Wildman–Crippen LogP) is 3.21. The van der Waals surface area contributed by atoms with Gasteiger partial charge in [-0.25, -0.2) is 4.79 Å². The highest BCUT2D eigenvalue weighted by atomic mass is 16.5. The van der Waals surface area contributed by atoms with Gasteiger partial charge in [0, 0.05) is 12.1 Å². The third-order valence-corrected chi connectivity index (χ3v) is 3.55. The SMILES string of the molecule is COC(=O)c1ccc([14CH2]C(C)=NCC(O)c2ccccc2)cc1. The minimum Gasteiger partial charge on any atom is -0.465 e. The molecule has 0 radical (unpaired) electrons. The number of nitrogens with zero attached hydrogens (tertiary/aromatic N) is 1. The molecule has 0 amide bonds. The van der Waals surface area contributed by atoms with Gasteiger partial charge in [0.05, 0.1) is 25.3 Å². The van der Waals surface area contributed by atoms with Crippen LogP contribution >= 0.6 is 0 Å². The van der Waals surface area contributed by atoms with E-state index in [4.69, 9.17) is 0 Å². The average molecular weight is 313 g/mol. The molecule has 2 rings (SSSR count). The van der Waals surface area contributed by atoms with Crippen molar-refractivity contribution in [3.63, 3.8) is 0 Å². The lowest BCUT2D eigenvalue weighted by molar-refractivity contribution is 0.0600. The van der Waals surface area contributed by atoms with E-state index in [-0.39, 0.29) is 5.97 Å². The first kappa shape index (κ1) is 16.9. The molecule has 4 heteroatoms. The molecule has 0 aliphatic heterocycles. The van der Waals surface area contributed by atoms with Gasteiger partial charge in [0.15, 0.2) is 0 Å². The Bertz CT molecular complexity index is 663. The summed E-state index contributed by atoms with van der Waals surface area (Å²) in [6, 6.07) is 16.8. The van der Waals surface area contributed by atoms with Crippen LogP contribution in [-0.2, 0) is 11.2 Å². The average Bonchev–Trinajstić information content (AvgIpc) is 2.60. The molecule has 1 N–H and O–H groups in total. The van der Waals surface area contributed by atoms with Gasteiger partial charge in [0.1, 0.15) is 0 Å². The second-order valence-corrected chi connectivity index (χ2v) is 5.37. The van der Waals surface area contributed by atoms with Crippen LogP contribution in [0.1, 0.15) is 34.5 Å². The van der Waals surface area contributed by atoms with Gasteiger partial charge in [-0.1, -0.05) is 42.5 Å². The Kier molecular flexibility index (Phi) is 6.06. The molecule has 2 aromatic carbocycles. The smallest absolute Gasteiger partial charge is 0.337 e. The molecule has 0 bridgehead atoms. The van der Waals surface area contributed by atoms with Gasteiger partial charge in [-0.15, -0.1) is 0 Å². The summed E-state index contributed by atoms with van der Waals surface area (Å²) in [6.07, 6.45) is 0.0935. The zero-order valence-corrected chi connectivity index (χ0v) is 13.4. The minimum atomic E-state index is -0.590. The topological polar surface area (TPSA) is 58.9 Å². The number of esters is 1. The number of hydrogen-bond donors (Lipinski definition) is 1. The molecule has 4 nitrogen and oxygen atoms in total. The van der Waals surface area contributed by atoms with Crippen LogP contribution in [0.15, 0.2) is 59.6 Å². The lowest BCUT2D eigenvalue weighted by Crippen LogP contribution is -2.06. The monoisotopic (exact) mass is 313 g/mol. The van der Waals surface area contributed by atoms with Gasteiger partial charge in [0.2, 0.25) is 0 Å². The molecular formula is C19H21NO3. The molecule has 0 fully saturated rings. The first-order chi connectivity index (χ1) is 11.1. The summed E-state index contributed by atoms with van der Waals surface area (Å²) in [5.74, 6) is -0.340. The van der Waals surface area contributed by atoms with Crippen LogP contribution in [0.5, 0.6) is 0 Å². The van der Waals surface area contributed by atoms with Crippen molar-refractivity contribution >= 4 is 11.7 Å². The molecule has 1 unspecified atom stereocenters. The van der Waals surface area contributed by atoms with E-state index in [0.29, 0.717) is 18.5 Å². The molecule has 0 aliphatic rings. The lowest BCUT2D eigenvalue weighted by Gasteiger charge is -2.09. The Morgan fingerprint density at radius 1 is 1.17 bits per heavy atom. The number of benzene rings is 2. The second-order valence-electron chi connectivity index (χ2n) is 5.37. The summed E-state index contributed by atoms with van der Waals surface area (Å²) in [5.41, 5.74) is 3.40. The van der Waals surface area contributed by atoms with Gasteiger partial charge in [0.25, 0.3) is 0 Å². The number of rotatable bonds is 6. The Labute approximate surface area is 136 Å². The molecule has 0 aromatic heterocycles. The van der Waals surface area contributed by atoms with Gasteiger partial charge < -0.3 is 9.84 Å². The number of aliphatic imine (C=N–C) groups is 1. The van der Waals surface area contributed by atoms with E-state index in [1.807, 2.05) is 49.4 Å². The Hall–Kier alpha value is -2.46. The van der Waals surface area contributed by atoms with Crippen LogP contribution in [0, 0.1) is 0 Å². The number of carbonyl (C=O) groups excluding carboxylic acids is 1. The number of methoxy groups -OCH3 is 1. The summed E-state index contributed by atoms with van der Waals surface area (Å²) < 4.78 is 4.67. The maximum Gasteiger partial charge on any atom is 0.337 e. The quantitative estimate of drug-likeness (QED) is 0.658. The first-order valence-electron chi connectivity index (χ1n) is 7.50. The maximum absolute atomic E-state index is 11.4. The molecule has 23 heavy (non-hydrogen) atoms. The van der Waals surface area contributed by atoms with Crippen molar-refractivity contribution < 1.29 is 14.6 Å². The predicted molar refractivity (Wildman–Crippen MR) is 90.9 cm³/mol. The Balaban J connectivity index is 1.93. The van der Waals surface area contributed by atoms with Crippen molar-refractivity contribution in [2.45, 2.75) is 19.4 Å². The number of aliphatic hydroxyl groups excluding tert-OH is 1. The van der Waals surface area contributed by atoms with E-state index in [1.165, 1.54) is 7.11 Å². The maximum atomic E-state index is 11.4. The van der Waals surface area contributed by atoms with Crippen molar-refractivity contribution in [2.24, 2.45) is 4.99 Å². The fourth-order valence-electron chi connectivity index (χ4n) is 2.25. The molecule has 1 atom stereocenters. The van der Waals surface area contributed by atoms with Gasteiger partial charge >= 0.3 is 5.97 Å². The van der Waals surface area contributed by atoms with Crippen LogP contribution in [0.4, 0.5) is 0 Å². The molecule has 0 aliphatic carbocycles. The van der Waals surface area contributed by atoms with Crippen molar-refractivity contribution in [1.29, 1.82) is 0 Å². The zero-order chi connectivity index (χ0) is 16.7. The third kappa shape index (κ3) is 5.04. The molecular weight excluding hydrogens is 292 g/mol. The Morgan fingerprint density at radius 2 is 1.83 bits per heavy atom. The highest BCUT2D eigenvalue weighted by Crippen LogP contribution is 2.13. The van der Waals surface area contributed by atoms with Crippen molar-refractivity contribution in [3.05, 3.63) is 71.3 Å². The van der Waals surface area contributed by atoms with Crippen LogP contribution < -0.4 is 0 Å². The van der Waals surface area contributed by atoms with Gasteiger partial charge in [-0.3, -0.25) is 4.99 Å². The fraction of sp³-hybridized carbons (Fsp3) is 0.263. The highest BCUT2D eigenvalue weighted by Gasteiger charge is 2.07. The van der Waals surface area contributed by atoms with E-state index in [1.54, 1.807) is 12.1 Å². The largest absolute Gasteiger partial charge is 0.465 e. The van der Waals surface area contributed by atoms with E-state index >= 15 is 0 Å². The van der Waals surface area contributed by atoms with Crippen LogP contribution in [0.25, 0.3) is 0 Å². The summed E-state index contributed by atoms with van der Waals surface area (Å²) in [7, 11) is 1.37. The summed E-state index contributed by atoms with van der Waals surface area (Å²) in [4.78, 5) is 15.8. The standard InChI is InChI=1S/C19H21NO3/c1-14(20-13-18(21)16-6-4-3-5-7-16)12-15-8-10-17(11-9-15)19(22)23-2/h3-11,18,21H,12-13H2,1-2H3/i12+2.